The average molecular weight is 406 g/mol. The lowest BCUT2D eigenvalue weighted by atomic mass is 10.2. The Kier molecular flexibility index (Phi) is 5.48. The van der Waals surface area contributed by atoms with E-state index in [9.17, 15) is 14.4 Å². The van der Waals surface area contributed by atoms with Crippen molar-refractivity contribution < 1.29 is 18.7 Å². The molecular formula is C19H13Cl2NO5. The van der Waals surface area contributed by atoms with Crippen LogP contribution in [0, 0.1) is 0 Å². The van der Waals surface area contributed by atoms with E-state index in [0.29, 0.717) is 5.39 Å². The lowest BCUT2D eigenvalue weighted by molar-refractivity contribution is -0.123. The van der Waals surface area contributed by atoms with Crippen LogP contribution in [-0.4, -0.2) is 18.0 Å². The molecule has 0 spiro atoms. The van der Waals surface area contributed by atoms with Crippen molar-refractivity contribution in [2.45, 2.75) is 13.0 Å². The molecule has 0 bridgehead atoms. The number of carbonyl (C=O) groups excluding carboxylic acids is 2. The van der Waals surface area contributed by atoms with Gasteiger partial charge in [0, 0.05) is 6.07 Å². The van der Waals surface area contributed by atoms with Gasteiger partial charge in [0.05, 0.1) is 21.1 Å². The predicted molar refractivity (Wildman–Crippen MR) is 102 cm³/mol. The van der Waals surface area contributed by atoms with Crippen LogP contribution in [0.15, 0.2) is 57.7 Å². The Morgan fingerprint density at radius 3 is 2.63 bits per heavy atom. The topological polar surface area (TPSA) is 85.6 Å². The summed E-state index contributed by atoms with van der Waals surface area (Å²) in [6.45, 7) is 1.38. The quantitative estimate of drug-likeness (QED) is 0.654. The molecule has 8 heteroatoms. The molecule has 3 aromatic rings. The van der Waals surface area contributed by atoms with Crippen LogP contribution in [0.4, 0.5) is 5.69 Å². The second kappa shape index (κ2) is 7.82. The molecule has 1 amide bonds. The molecule has 1 N–H and O–H groups in total. The number of anilines is 1. The summed E-state index contributed by atoms with van der Waals surface area (Å²) < 4.78 is 10.5. The van der Waals surface area contributed by atoms with Crippen LogP contribution >= 0.6 is 23.2 Å². The van der Waals surface area contributed by atoms with E-state index in [2.05, 4.69) is 5.32 Å². The number of benzene rings is 2. The van der Waals surface area contributed by atoms with E-state index >= 15 is 0 Å². The number of rotatable bonds is 4. The number of nitrogens with one attached hydrogen (secondary N) is 1. The summed E-state index contributed by atoms with van der Waals surface area (Å²) in [5.74, 6) is -1.84. The largest absolute Gasteiger partial charge is 0.449 e. The van der Waals surface area contributed by atoms with E-state index in [4.69, 9.17) is 32.4 Å². The number of halogens is 2. The average Bonchev–Trinajstić information content (AvgIpc) is 2.65. The number of carbonyl (C=O) groups is 2. The number of fused-ring (bicyclic) bond motifs is 1. The Morgan fingerprint density at radius 2 is 1.85 bits per heavy atom. The Balaban J connectivity index is 1.74. The molecule has 6 nitrogen and oxygen atoms in total. The lowest BCUT2D eigenvalue weighted by Crippen LogP contribution is -2.30. The molecule has 1 unspecified atom stereocenters. The predicted octanol–water partition coefficient (Wildman–Crippen LogP) is 4.28. The van der Waals surface area contributed by atoms with Crippen molar-refractivity contribution >= 4 is 51.7 Å². The molecule has 1 heterocycles. The third kappa shape index (κ3) is 4.13. The van der Waals surface area contributed by atoms with Crippen LogP contribution in [-0.2, 0) is 9.53 Å². The van der Waals surface area contributed by atoms with Gasteiger partial charge in [-0.15, -0.1) is 0 Å². The van der Waals surface area contributed by atoms with Gasteiger partial charge in [0.1, 0.15) is 5.58 Å². The van der Waals surface area contributed by atoms with Gasteiger partial charge in [0.25, 0.3) is 5.91 Å². The van der Waals surface area contributed by atoms with E-state index in [1.807, 2.05) is 0 Å². The molecule has 0 radical (unpaired) electrons. The summed E-state index contributed by atoms with van der Waals surface area (Å²) in [6.07, 6.45) is -1.16. The van der Waals surface area contributed by atoms with Crippen LogP contribution in [0.2, 0.25) is 10.0 Å². The highest BCUT2D eigenvalue weighted by atomic mass is 35.5. The molecule has 2 aromatic carbocycles. The second-order valence-electron chi connectivity index (χ2n) is 5.61. The summed E-state index contributed by atoms with van der Waals surface area (Å²) in [5.41, 5.74) is 0.153. The highest BCUT2D eigenvalue weighted by Crippen LogP contribution is 2.29. The summed E-state index contributed by atoms with van der Waals surface area (Å²) in [7, 11) is 0. The molecule has 3 rings (SSSR count). The zero-order valence-corrected chi connectivity index (χ0v) is 15.5. The lowest BCUT2D eigenvalue weighted by Gasteiger charge is -2.14. The van der Waals surface area contributed by atoms with Crippen LogP contribution < -0.4 is 10.7 Å². The first-order valence-corrected chi connectivity index (χ1v) is 8.61. The van der Waals surface area contributed by atoms with Crippen LogP contribution in [0.5, 0.6) is 0 Å². The maximum atomic E-state index is 12.2. The smallest absolute Gasteiger partial charge is 0.375 e. The van der Waals surface area contributed by atoms with Gasteiger partial charge in [-0.1, -0.05) is 41.4 Å². The molecule has 0 saturated carbocycles. The zero-order valence-electron chi connectivity index (χ0n) is 14.0. The first-order valence-electron chi connectivity index (χ1n) is 7.85. The highest BCUT2D eigenvalue weighted by molar-refractivity contribution is 6.44. The number of hydrogen-bond acceptors (Lipinski definition) is 5. The molecule has 138 valence electrons. The van der Waals surface area contributed by atoms with Gasteiger partial charge in [-0.2, -0.15) is 0 Å². The van der Waals surface area contributed by atoms with Crippen LogP contribution in [0.3, 0.4) is 0 Å². The monoisotopic (exact) mass is 405 g/mol. The summed E-state index contributed by atoms with van der Waals surface area (Å²) >= 11 is 11.9. The van der Waals surface area contributed by atoms with Gasteiger partial charge in [-0.25, -0.2) is 4.79 Å². The molecular weight excluding hydrogens is 393 g/mol. The standard InChI is InChI=1S/C19H13Cl2NO5/c1-10(18(24)22-13-7-4-6-12(20)17(13)21)26-19(25)16-9-14(23)11-5-2-3-8-15(11)27-16/h2-10H,1H3,(H,22,24). The van der Waals surface area contributed by atoms with E-state index in [1.54, 1.807) is 42.5 Å². The van der Waals surface area contributed by atoms with E-state index < -0.39 is 18.0 Å². The number of ether oxygens (including phenoxy) is 1. The van der Waals surface area contributed by atoms with Crippen LogP contribution in [0.25, 0.3) is 11.0 Å². The molecule has 27 heavy (non-hydrogen) atoms. The minimum atomic E-state index is -1.16. The van der Waals surface area contributed by atoms with Crippen molar-refractivity contribution in [2.24, 2.45) is 0 Å². The summed E-state index contributed by atoms with van der Waals surface area (Å²) in [5, 5.41) is 3.31. The fourth-order valence-corrected chi connectivity index (χ4v) is 2.66. The molecule has 0 aliphatic rings. The molecule has 0 fully saturated rings. The first kappa shape index (κ1) is 18.9. The molecule has 0 saturated heterocycles. The summed E-state index contributed by atoms with van der Waals surface area (Å²) in [4.78, 5) is 36.5. The maximum Gasteiger partial charge on any atom is 0.375 e. The SMILES string of the molecule is CC(OC(=O)c1cc(=O)c2ccccc2o1)C(=O)Nc1cccc(Cl)c1Cl. The molecule has 1 atom stereocenters. The van der Waals surface area contributed by atoms with Crippen molar-refractivity contribution in [1.29, 1.82) is 0 Å². The third-order valence-corrected chi connectivity index (χ3v) is 4.52. The Bertz CT molecular complexity index is 1090. The van der Waals surface area contributed by atoms with Gasteiger partial charge in [0.2, 0.25) is 5.76 Å². The van der Waals surface area contributed by atoms with E-state index in [-0.39, 0.29) is 32.5 Å². The van der Waals surface area contributed by atoms with Gasteiger partial charge in [0.15, 0.2) is 11.5 Å². The maximum absolute atomic E-state index is 12.2. The zero-order chi connectivity index (χ0) is 19.6. The minimum Gasteiger partial charge on any atom is -0.449 e. The highest BCUT2D eigenvalue weighted by Gasteiger charge is 2.22. The number of para-hydroxylation sites is 1. The fraction of sp³-hybridized carbons (Fsp3) is 0.105. The molecule has 1 aromatic heterocycles. The fourth-order valence-electron chi connectivity index (χ4n) is 2.31. The van der Waals surface area contributed by atoms with Gasteiger partial charge < -0.3 is 14.5 Å². The van der Waals surface area contributed by atoms with E-state index in [0.717, 1.165) is 6.07 Å². The number of esters is 1. The van der Waals surface area contributed by atoms with Crippen molar-refractivity contribution in [3.63, 3.8) is 0 Å². The first-order chi connectivity index (χ1) is 12.9. The van der Waals surface area contributed by atoms with Gasteiger partial charge in [-0.3, -0.25) is 9.59 Å². The van der Waals surface area contributed by atoms with Crippen molar-refractivity contribution in [1.82, 2.24) is 0 Å². The minimum absolute atomic E-state index is 0.173. The summed E-state index contributed by atoms with van der Waals surface area (Å²) in [6, 6.07) is 12.3. The molecule has 0 aliphatic carbocycles. The second-order valence-corrected chi connectivity index (χ2v) is 6.39. The Labute approximate surface area is 163 Å². The van der Waals surface area contributed by atoms with Crippen molar-refractivity contribution in [3.8, 4) is 0 Å². The van der Waals surface area contributed by atoms with Crippen LogP contribution in [0.1, 0.15) is 17.5 Å². The van der Waals surface area contributed by atoms with Crippen molar-refractivity contribution in [3.05, 3.63) is 74.6 Å². The van der Waals surface area contributed by atoms with Gasteiger partial charge >= 0.3 is 5.97 Å². The Morgan fingerprint density at radius 1 is 1.11 bits per heavy atom. The van der Waals surface area contributed by atoms with Crippen molar-refractivity contribution in [2.75, 3.05) is 5.32 Å². The van der Waals surface area contributed by atoms with E-state index in [1.165, 1.54) is 6.92 Å². The number of amides is 1. The normalized spacial score (nSPS) is 11.8. The number of hydrogen-bond donors (Lipinski definition) is 1. The van der Waals surface area contributed by atoms with Gasteiger partial charge in [-0.05, 0) is 31.2 Å². The Hall–Kier alpha value is -2.83. The third-order valence-electron chi connectivity index (χ3n) is 3.70. The molecule has 0 aliphatic heterocycles.